The van der Waals surface area contributed by atoms with Gasteiger partial charge in [0.1, 0.15) is 53.2 Å². The van der Waals surface area contributed by atoms with Gasteiger partial charge in [0, 0.05) is 45.5 Å². The molecule has 0 saturated carbocycles. The van der Waals surface area contributed by atoms with E-state index >= 15 is 0 Å². The van der Waals surface area contributed by atoms with Crippen LogP contribution in [0.4, 0.5) is 0 Å². The van der Waals surface area contributed by atoms with Crippen LogP contribution in [-0.2, 0) is 45.1 Å². The zero-order valence-corrected chi connectivity index (χ0v) is 51.4. The number of amides is 1. The van der Waals surface area contributed by atoms with E-state index in [1.165, 1.54) is 29.9 Å². The normalized spacial score (nSPS) is 36.3. The molecule has 4 heterocycles. The molecule has 0 aliphatic carbocycles. The summed E-state index contributed by atoms with van der Waals surface area (Å²) in [5.41, 5.74) is -4.66. The van der Waals surface area contributed by atoms with Crippen LogP contribution >= 0.6 is 7.26 Å². The number of carbonyl (C=O) groups is 2. The third-order valence-corrected chi connectivity index (χ3v) is 22.4. The van der Waals surface area contributed by atoms with Gasteiger partial charge in [-0.2, -0.15) is 5.10 Å². The van der Waals surface area contributed by atoms with E-state index < -0.39 is 109 Å². The van der Waals surface area contributed by atoms with E-state index in [9.17, 15) is 35.1 Å². The molecule has 3 saturated heterocycles. The van der Waals surface area contributed by atoms with Gasteiger partial charge >= 0.3 is 5.97 Å². The third-order valence-electron chi connectivity index (χ3n) is 17.9. The van der Waals surface area contributed by atoms with Crippen molar-refractivity contribution >= 4 is 35.1 Å². The maximum atomic E-state index is 14.7. The number of aliphatic hydroxyl groups excluding tert-OH is 3. The summed E-state index contributed by atoms with van der Waals surface area (Å²) >= 11 is 0. The highest BCUT2D eigenvalue weighted by Gasteiger charge is 2.53. The fraction of sp³-hybridized carbons (Fsp3) is 0.726. The lowest BCUT2D eigenvalue weighted by atomic mass is 9.77. The largest absolute Gasteiger partial charge is 0.459 e. The van der Waals surface area contributed by atoms with Crippen LogP contribution in [0.5, 0.6) is 0 Å². The van der Waals surface area contributed by atoms with Crippen LogP contribution in [0.1, 0.15) is 133 Å². The van der Waals surface area contributed by atoms with E-state index in [1.807, 2.05) is 64.6 Å². The molecule has 5 N–H and O–H groups in total. The first-order valence-corrected chi connectivity index (χ1v) is 31.5. The average Bonchev–Trinajstić information content (AvgIpc) is 3.94. The number of methoxy groups -OCH3 is 1. The van der Waals surface area contributed by atoms with Gasteiger partial charge in [-0.25, -0.2) is 0 Å². The summed E-state index contributed by atoms with van der Waals surface area (Å²) in [6.45, 7) is 17.5. The molecule has 0 bridgehead atoms. The molecule has 80 heavy (non-hydrogen) atoms. The van der Waals surface area contributed by atoms with E-state index in [-0.39, 0.29) is 56.9 Å². The lowest BCUT2D eigenvalue weighted by Crippen LogP contribution is -2.60. The lowest BCUT2D eigenvalue weighted by molar-refractivity contribution is -0.301. The Morgan fingerprint density at radius 2 is 1.46 bits per heavy atom. The summed E-state index contributed by atoms with van der Waals surface area (Å²) < 4.78 is 40.1. The summed E-state index contributed by atoms with van der Waals surface area (Å²) in [6.07, 6.45) is 1.08. The van der Waals surface area contributed by atoms with Crippen LogP contribution in [0, 0.1) is 17.8 Å². The zero-order valence-electron chi connectivity index (χ0n) is 50.5. The molecule has 3 aliphatic heterocycles. The second-order valence-electron chi connectivity index (χ2n) is 24.8. The van der Waals surface area contributed by atoms with Crippen molar-refractivity contribution in [3.05, 3.63) is 73.1 Å². The summed E-state index contributed by atoms with van der Waals surface area (Å²) in [7, 11) is 5.23. The predicted octanol–water partition coefficient (Wildman–Crippen LogP) is 5.91. The summed E-state index contributed by atoms with van der Waals surface area (Å²) in [5, 5.41) is 69.0. The number of rotatable bonds is 19. The quantitative estimate of drug-likeness (QED) is 0.0536. The minimum Gasteiger partial charge on any atom is -0.459 e. The molecule has 3 aliphatic rings. The van der Waals surface area contributed by atoms with E-state index in [0.717, 1.165) is 31.8 Å². The van der Waals surface area contributed by atoms with E-state index in [1.54, 1.807) is 39.5 Å². The Bertz CT molecular complexity index is 2340. The molecule has 0 spiro atoms. The van der Waals surface area contributed by atoms with Crippen molar-refractivity contribution < 1.29 is 63.5 Å². The topological polar surface area (TPSA) is 215 Å². The molecule has 18 atom stereocenters. The molecule has 0 unspecified atom stereocenters. The highest BCUT2D eigenvalue weighted by molar-refractivity contribution is 7.95. The fourth-order valence-electron chi connectivity index (χ4n) is 13.2. The van der Waals surface area contributed by atoms with E-state index in [4.69, 9.17) is 28.4 Å². The molecule has 3 fully saturated rings. The lowest BCUT2D eigenvalue weighted by Gasteiger charge is -2.47. The number of esters is 1. The highest BCUT2D eigenvalue weighted by Crippen LogP contribution is 2.56. The van der Waals surface area contributed by atoms with Crippen molar-refractivity contribution in [2.24, 2.45) is 24.8 Å². The second kappa shape index (κ2) is 28.4. The number of aliphatic hydroxyl groups is 5. The number of hydrogen-bond donors (Lipinski definition) is 5. The maximum Gasteiger partial charge on any atom is 0.311 e. The van der Waals surface area contributed by atoms with Gasteiger partial charge in [0.15, 0.2) is 6.29 Å². The van der Waals surface area contributed by atoms with Crippen LogP contribution in [0.15, 0.2) is 73.1 Å². The van der Waals surface area contributed by atoms with Crippen molar-refractivity contribution in [2.75, 3.05) is 40.5 Å². The Labute approximate surface area is 478 Å². The number of benzene rings is 2. The summed E-state index contributed by atoms with van der Waals surface area (Å²) in [4.78, 5) is 33.0. The number of likely N-dealkylation sites (N-methyl/N-ethyl adjacent to an activating group) is 1. The van der Waals surface area contributed by atoms with Crippen LogP contribution in [-0.4, -0.2) is 188 Å². The number of carbonyl (C=O) groups excluding carboxylic acids is 2. The molecule has 17 nitrogen and oxygen atoms in total. The summed E-state index contributed by atoms with van der Waals surface area (Å²) in [6, 6.07) is 20.3. The first-order chi connectivity index (χ1) is 37.7. The number of aromatic nitrogens is 2. The summed E-state index contributed by atoms with van der Waals surface area (Å²) in [5.74, 6) is -3.18. The zero-order chi connectivity index (χ0) is 58.9. The number of hydrogen-bond acceptors (Lipinski definition) is 15. The van der Waals surface area contributed by atoms with Crippen LogP contribution in [0.25, 0.3) is 0 Å². The first kappa shape index (κ1) is 65.7. The fourth-order valence-corrected chi connectivity index (χ4v) is 17.6. The van der Waals surface area contributed by atoms with Crippen LogP contribution in [0.2, 0.25) is 0 Å². The molecule has 18 heteroatoms. The molecule has 0 radical (unpaired) electrons. The Morgan fingerprint density at radius 3 is 2.04 bits per heavy atom. The Hall–Kier alpha value is -3.42. The molecule has 450 valence electrons. The van der Waals surface area contributed by atoms with Crippen molar-refractivity contribution in [2.45, 2.75) is 224 Å². The van der Waals surface area contributed by atoms with Gasteiger partial charge in [-0.15, -0.1) is 0 Å². The SMILES string of the molecule is CC[C@H]1OC(=O)[C@H](C)[C@@H](OC[C@H]2C[C@@](C)(OC)[C@@H](O)[C@H](C)O2)[C@H](C)[C@@H](O[C@@H]2O[C@H](C)C[C@H](N(C)C)[C@H]2O)[C@](C)(O)C[C@@H](C)CN(C(=O)CCCCCCC[P+](c2ccccc2)(c2ccccc2)c2cnn(C)c2)[C@H](C)[C@@H](O)[C@]1(C)O. The standard InChI is InChI=1S/C62H100N4O13P/c1-15-51-62(10,73)55(69)44(6)66(52(67)31-25-17-16-18-26-32-80(47-27-21-19-22-28-47,48-29-23-20-24-30-48)49-36-63-65(13)38-49)37-40(2)34-60(8,72)57(79-59-53(68)50(64(11)12)33-41(3)76-59)42(4)54(43(5)58(71)78-51)75-39-46-35-61(9,74-14)56(70)45(7)77-46/h19-24,27-30,36,38,40-46,50-51,53-57,59,68-70,72-73H,15-18,25-26,31-35,37,39H2,1-14H3/q+1/t40-,41-,42+,43-,44-,45+,46-,50+,51-,53-,54+,55-,56+,57-,59+,60-,61-,62-/m1/s1. The van der Waals surface area contributed by atoms with Gasteiger partial charge in [0.25, 0.3) is 0 Å². The second-order valence-corrected chi connectivity index (χ2v) is 28.4. The molecule has 2 aromatic carbocycles. The molecular formula is C62H100N4O13P+. The van der Waals surface area contributed by atoms with Crippen molar-refractivity contribution in [1.29, 1.82) is 0 Å². The number of nitrogens with zero attached hydrogens (tertiary/aromatic N) is 4. The molecule has 6 rings (SSSR count). The number of ether oxygens (including phenoxy) is 6. The Morgan fingerprint density at radius 1 is 0.850 bits per heavy atom. The van der Waals surface area contributed by atoms with Crippen LogP contribution < -0.4 is 15.9 Å². The minimum absolute atomic E-state index is 0.0327. The molecule has 3 aromatic rings. The van der Waals surface area contributed by atoms with Crippen molar-refractivity contribution in [3.8, 4) is 0 Å². The number of unbranched alkanes of at least 4 members (excludes halogenated alkanes) is 4. The molecule has 1 amide bonds. The van der Waals surface area contributed by atoms with E-state index in [0.29, 0.717) is 12.8 Å². The average molecular weight is 1140 g/mol. The molecular weight excluding hydrogens is 1040 g/mol. The van der Waals surface area contributed by atoms with Gasteiger partial charge in [-0.1, -0.05) is 70.0 Å². The van der Waals surface area contributed by atoms with Gasteiger partial charge in [0.2, 0.25) is 5.91 Å². The van der Waals surface area contributed by atoms with Gasteiger partial charge in [0.05, 0.1) is 78.8 Å². The Kier molecular flexibility index (Phi) is 23.4. The van der Waals surface area contributed by atoms with Gasteiger partial charge in [-0.05, 0) is 131 Å². The van der Waals surface area contributed by atoms with Crippen molar-refractivity contribution in [1.82, 2.24) is 19.6 Å². The van der Waals surface area contributed by atoms with Crippen molar-refractivity contribution in [3.63, 3.8) is 0 Å². The molecule has 1 aromatic heterocycles. The first-order valence-electron chi connectivity index (χ1n) is 29.5. The predicted molar refractivity (Wildman–Crippen MR) is 313 cm³/mol. The number of aryl methyl sites for hydroxylation is 1. The smallest absolute Gasteiger partial charge is 0.311 e. The van der Waals surface area contributed by atoms with Crippen LogP contribution in [0.3, 0.4) is 0 Å². The Balaban J connectivity index is 1.25. The highest BCUT2D eigenvalue weighted by atomic mass is 31.2. The van der Waals surface area contributed by atoms with Gasteiger partial charge < -0.3 is 63.8 Å². The maximum absolute atomic E-state index is 14.7. The number of cyclic esters (lactones) is 1. The van der Waals surface area contributed by atoms with E-state index in [2.05, 4.69) is 72.0 Å². The monoisotopic (exact) mass is 1140 g/mol. The minimum atomic E-state index is -2.03. The van der Waals surface area contributed by atoms with Gasteiger partial charge in [-0.3, -0.25) is 14.3 Å². The third kappa shape index (κ3) is 15.3.